The number of carbonyl (C=O) groups excluding carboxylic acids is 1. The number of nitrogens with zero attached hydrogens (tertiary/aromatic N) is 2. The molecule has 0 aliphatic rings. The van der Waals surface area contributed by atoms with Gasteiger partial charge < -0.3 is 14.7 Å². The van der Waals surface area contributed by atoms with E-state index in [0.717, 1.165) is 34.2 Å². The average Bonchev–Trinajstić information content (AvgIpc) is 2.83. The van der Waals surface area contributed by atoms with Crippen molar-refractivity contribution in [2.45, 2.75) is 13.3 Å². The van der Waals surface area contributed by atoms with Crippen molar-refractivity contribution in [3.63, 3.8) is 0 Å². The SMILES string of the molecule is CCc1nc2cc(O)ccc2c(Oc2ccc(/C=C/C(=O)N(C)C)cc2)c1-c1ccccc1. The molecule has 1 aromatic heterocycles. The Labute approximate surface area is 193 Å². The van der Waals surface area contributed by atoms with Crippen LogP contribution in [0.15, 0.2) is 78.9 Å². The van der Waals surface area contributed by atoms with E-state index in [1.54, 1.807) is 38.4 Å². The van der Waals surface area contributed by atoms with Gasteiger partial charge in [-0.3, -0.25) is 9.78 Å². The molecular weight excluding hydrogens is 412 g/mol. The topological polar surface area (TPSA) is 62.7 Å². The van der Waals surface area contributed by atoms with Crippen molar-refractivity contribution >= 4 is 22.9 Å². The monoisotopic (exact) mass is 438 g/mol. The van der Waals surface area contributed by atoms with E-state index in [9.17, 15) is 9.90 Å². The number of aromatic nitrogens is 1. The standard InChI is InChI=1S/C28H26N2O3/c1-4-24-27(20-8-6-5-7-9-20)28(23-16-13-21(31)18-25(23)29-24)33-22-14-10-19(11-15-22)12-17-26(32)30(2)3/h5-18,31H,4H2,1-3H3/b17-12+. The summed E-state index contributed by atoms with van der Waals surface area (Å²) in [6.07, 6.45) is 4.04. The number of ether oxygens (including phenoxy) is 1. The largest absolute Gasteiger partial charge is 0.508 e. The van der Waals surface area contributed by atoms with Crippen LogP contribution in [0.4, 0.5) is 0 Å². The van der Waals surface area contributed by atoms with Crippen molar-refractivity contribution in [2.24, 2.45) is 0 Å². The summed E-state index contributed by atoms with van der Waals surface area (Å²) < 4.78 is 6.46. The third-order valence-corrected chi connectivity index (χ3v) is 5.35. The lowest BCUT2D eigenvalue weighted by atomic mass is 9.98. The lowest BCUT2D eigenvalue weighted by Crippen LogP contribution is -2.18. The zero-order valence-electron chi connectivity index (χ0n) is 18.9. The minimum Gasteiger partial charge on any atom is -0.508 e. The highest BCUT2D eigenvalue weighted by molar-refractivity contribution is 5.94. The molecule has 0 aliphatic heterocycles. The second-order valence-electron chi connectivity index (χ2n) is 7.92. The van der Waals surface area contributed by atoms with Crippen LogP contribution in [0.1, 0.15) is 18.2 Å². The summed E-state index contributed by atoms with van der Waals surface area (Å²) in [5.74, 6) is 1.47. The third-order valence-electron chi connectivity index (χ3n) is 5.35. The van der Waals surface area contributed by atoms with Crippen LogP contribution in [0.25, 0.3) is 28.1 Å². The summed E-state index contributed by atoms with van der Waals surface area (Å²) in [6.45, 7) is 2.06. The van der Waals surface area contributed by atoms with Gasteiger partial charge in [0, 0.05) is 37.2 Å². The number of hydrogen-bond acceptors (Lipinski definition) is 4. The number of aryl methyl sites for hydroxylation is 1. The number of pyridine rings is 1. The maximum Gasteiger partial charge on any atom is 0.246 e. The highest BCUT2D eigenvalue weighted by Gasteiger charge is 2.18. The number of phenolic OH excluding ortho intramolecular Hbond substituents is 1. The first-order chi connectivity index (χ1) is 16.0. The first-order valence-corrected chi connectivity index (χ1v) is 10.8. The molecule has 0 unspecified atom stereocenters. The number of carbonyl (C=O) groups is 1. The molecule has 33 heavy (non-hydrogen) atoms. The number of hydrogen-bond donors (Lipinski definition) is 1. The smallest absolute Gasteiger partial charge is 0.246 e. The van der Waals surface area contributed by atoms with Gasteiger partial charge in [0.1, 0.15) is 17.2 Å². The van der Waals surface area contributed by atoms with Gasteiger partial charge >= 0.3 is 0 Å². The summed E-state index contributed by atoms with van der Waals surface area (Å²) >= 11 is 0. The summed E-state index contributed by atoms with van der Waals surface area (Å²) in [5, 5.41) is 10.8. The Hall–Kier alpha value is -4.12. The molecule has 0 atom stereocenters. The van der Waals surface area contributed by atoms with Gasteiger partial charge in [-0.1, -0.05) is 49.4 Å². The molecule has 5 nitrogen and oxygen atoms in total. The number of likely N-dealkylation sites (N-methyl/N-ethyl adjacent to an activating group) is 1. The lowest BCUT2D eigenvalue weighted by molar-refractivity contribution is -0.123. The highest BCUT2D eigenvalue weighted by Crippen LogP contribution is 2.41. The first kappa shape index (κ1) is 22.1. The fraction of sp³-hybridized carbons (Fsp3) is 0.143. The molecule has 1 N–H and O–H groups in total. The van der Waals surface area contributed by atoms with Gasteiger partial charge in [-0.25, -0.2) is 0 Å². The highest BCUT2D eigenvalue weighted by atomic mass is 16.5. The molecule has 5 heteroatoms. The summed E-state index contributed by atoms with van der Waals surface area (Å²) in [4.78, 5) is 18.1. The number of amides is 1. The fourth-order valence-corrected chi connectivity index (χ4v) is 3.62. The van der Waals surface area contributed by atoms with E-state index in [-0.39, 0.29) is 11.7 Å². The normalized spacial score (nSPS) is 11.1. The third kappa shape index (κ3) is 4.88. The summed E-state index contributed by atoms with van der Waals surface area (Å²) in [6, 6.07) is 22.8. The van der Waals surface area contributed by atoms with Gasteiger partial charge in [0.15, 0.2) is 0 Å². The Balaban J connectivity index is 1.79. The van der Waals surface area contributed by atoms with Crippen LogP contribution in [-0.4, -0.2) is 35.0 Å². The number of benzene rings is 3. The van der Waals surface area contributed by atoms with Crippen LogP contribution in [0.5, 0.6) is 17.2 Å². The molecule has 4 aromatic rings. The van der Waals surface area contributed by atoms with Gasteiger partial charge in [0.2, 0.25) is 5.91 Å². The molecule has 166 valence electrons. The molecule has 0 saturated carbocycles. The second-order valence-corrected chi connectivity index (χ2v) is 7.92. The molecule has 1 amide bonds. The van der Waals surface area contributed by atoms with Crippen LogP contribution < -0.4 is 4.74 Å². The van der Waals surface area contributed by atoms with Crippen molar-refractivity contribution in [3.05, 3.63) is 90.1 Å². The minimum absolute atomic E-state index is 0.0681. The molecule has 0 spiro atoms. The van der Waals surface area contributed by atoms with Crippen molar-refractivity contribution < 1.29 is 14.6 Å². The maximum atomic E-state index is 11.8. The Morgan fingerprint density at radius 2 is 1.76 bits per heavy atom. The molecule has 4 rings (SSSR count). The zero-order chi connectivity index (χ0) is 23.4. The first-order valence-electron chi connectivity index (χ1n) is 10.8. The van der Waals surface area contributed by atoms with Crippen LogP contribution in [-0.2, 0) is 11.2 Å². The molecule has 3 aromatic carbocycles. The van der Waals surface area contributed by atoms with Gasteiger partial charge in [0.05, 0.1) is 11.2 Å². The zero-order valence-corrected chi connectivity index (χ0v) is 18.9. The molecule has 0 bridgehead atoms. The predicted molar refractivity (Wildman–Crippen MR) is 132 cm³/mol. The van der Waals surface area contributed by atoms with E-state index in [1.165, 1.54) is 4.90 Å². The van der Waals surface area contributed by atoms with E-state index in [0.29, 0.717) is 17.0 Å². The van der Waals surface area contributed by atoms with Crippen molar-refractivity contribution in [2.75, 3.05) is 14.1 Å². The van der Waals surface area contributed by atoms with Crippen LogP contribution >= 0.6 is 0 Å². The van der Waals surface area contributed by atoms with Gasteiger partial charge in [0.25, 0.3) is 0 Å². The van der Waals surface area contributed by atoms with Crippen molar-refractivity contribution in [3.8, 4) is 28.4 Å². The van der Waals surface area contributed by atoms with E-state index in [1.807, 2.05) is 60.7 Å². The maximum absolute atomic E-state index is 11.8. The lowest BCUT2D eigenvalue weighted by Gasteiger charge is -2.18. The molecule has 1 heterocycles. The minimum atomic E-state index is -0.0681. The van der Waals surface area contributed by atoms with Gasteiger partial charge in [-0.15, -0.1) is 0 Å². The van der Waals surface area contributed by atoms with E-state index in [4.69, 9.17) is 9.72 Å². The molecule has 0 aliphatic carbocycles. The second kappa shape index (κ2) is 9.57. The van der Waals surface area contributed by atoms with E-state index in [2.05, 4.69) is 6.92 Å². The van der Waals surface area contributed by atoms with Crippen LogP contribution in [0.2, 0.25) is 0 Å². The molecule has 0 saturated heterocycles. The number of aromatic hydroxyl groups is 1. The Morgan fingerprint density at radius 3 is 2.42 bits per heavy atom. The van der Waals surface area contributed by atoms with Crippen LogP contribution in [0.3, 0.4) is 0 Å². The Kier molecular flexibility index (Phi) is 6.41. The number of rotatable bonds is 6. The predicted octanol–water partition coefficient (Wildman–Crippen LogP) is 6.06. The molecule has 0 fully saturated rings. The summed E-state index contributed by atoms with van der Waals surface area (Å²) in [7, 11) is 3.44. The number of fused-ring (bicyclic) bond motifs is 1. The van der Waals surface area contributed by atoms with E-state index < -0.39 is 0 Å². The van der Waals surface area contributed by atoms with Crippen LogP contribution in [0, 0.1) is 0 Å². The Morgan fingerprint density at radius 1 is 1.03 bits per heavy atom. The van der Waals surface area contributed by atoms with Crippen molar-refractivity contribution in [1.29, 1.82) is 0 Å². The van der Waals surface area contributed by atoms with Gasteiger partial charge in [-0.05, 0) is 47.9 Å². The average molecular weight is 439 g/mol. The van der Waals surface area contributed by atoms with Crippen molar-refractivity contribution in [1.82, 2.24) is 9.88 Å². The molecular formula is C28H26N2O3. The molecule has 0 radical (unpaired) electrons. The number of phenols is 1. The fourth-order valence-electron chi connectivity index (χ4n) is 3.62. The van der Waals surface area contributed by atoms with E-state index >= 15 is 0 Å². The summed E-state index contributed by atoms with van der Waals surface area (Å²) in [5.41, 5.74) is 4.45. The van der Waals surface area contributed by atoms with Gasteiger partial charge in [-0.2, -0.15) is 0 Å². The quantitative estimate of drug-likeness (QED) is 0.372. The Bertz CT molecular complexity index is 1310.